The Morgan fingerprint density at radius 2 is 1.58 bits per heavy atom. The van der Waals surface area contributed by atoms with E-state index in [1.54, 1.807) is 6.07 Å². The maximum atomic E-state index is 13.2. The summed E-state index contributed by atoms with van der Waals surface area (Å²) in [4.78, 5) is 24.8. The number of hydrogen-bond acceptors (Lipinski definition) is 5. The van der Waals surface area contributed by atoms with Crippen molar-refractivity contribution in [3.8, 4) is 11.5 Å². The molecule has 0 unspecified atom stereocenters. The number of carbonyl (C=O) groups excluding carboxylic acids is 1. The number of hydrogen-bond donors (Lipinski definition) is 3. The molecule has 164 valence electrons. The first-order chi connectivity index (χ1) is 16.0. The van der Waals surface area contributed by atoms with Gasteiger partial charge in [-0.15, -0.1) is 0 Å². The zero-order valence-electron chi connectivity index (χ0n) is 17.5. The minimum absolute atomic E-state index is 0.186. The lowest BCUT2D eigenvalue weighted by Gasteiger charge is -2.27. The third-order valence-corrected chi connectivity index (χ3v) is 5.65. The van der Waals surface area contributed by atoms with Crippen molar-refractivity contribution in [2.24, 2.45) is 0 Å². The molecule has 0 saturated carbocycles. The van der Waals surface area contributed by atoms with E-state index >= 15 is 0 Å². The van der Waals surface area contributed by atoms with Crippen molar-refractivity contribution in [2.45, 2.75) is 12.8 Å². The summed E-state index contributed by atoms with van der Waals surface area (Å²) in [5.41, 5.74) is 8.46. The number of ether oxygens (including phenoxy) is 1. The third kappa shape index (κ3) is 4.04. The number of amides is 1. The molecular weight excluding hydrogens is 438 g/mol. The summed E-state index contributed by atoms with van der Waals surface area (Å²) in [6.07, 6.45) is 0. The normalized spacial score (nSPS) is 12.3. The van der Waals surface area contributed by atoms with E-state index in [4.69, 9.17) is 21.4 Å². The van der Waals surface area contributed by atoms with E-state index in [1.165, 1.54) is 6.07 Å². The highest BCUT2D eigenvalue weighted by molar-refractivity contribution is 7.80. The Morgan fingerprint density at radius 1 is 0.909 bits per heavy atom. The van der Waals surface area contributed by atoms with Crippen molar-refractivity contribution in [1.29, 1.82) is 0 Å². The first-order valence-electron chi connectivity index (χ1n) is 10.3. The number of thiocarbonyl (C=S) groups is 1. The Morgan fingerprint density at radius 3 is 2.27 bits per heavy atom. The van der Waals surface area contributed by atoms with Crippen LogP contribution in [0.2, 0.25) is 0 Å². The van der Waals surface area contributed by atoms with Gasteiger partial charge >= 0.3 is 5.63 Å². The van der Waals surface area contributed by atoms with Crippen molar-refractivity contribution < 1.29 is 13.9 Å². The van der Waals surface area contributed by atoms with Gasteiger partial charge in [-0.25, -0.2) is 4.79 Å². The molecule has 0 bridgehead atoms. The summed E-state index contributed by atoms with van der Waals surface area (Å²) in [6.45, 7) is 1.85. The topological polar surface area (TPSA) is 92.6 Å². The van der Waals surface area contributed by atoms with Gasteiger partial charge in [0, 0.05) is 34.3 Å². The van der Waals surface area contributed by atoms with Gasteiger partial charge < -0.3 is 14.5 Å². The van der Waals surface area contributed by atoms with Crippen molar-refractivity contribution in [3.05, 3.63) is 99.9 Å². The molecule has 3 aromatic carbocycles. The number of aryl methyl sites for hydroxylation is 1. The van der Waals surface area contributed by atoms with E-state index < -0.39 is 11.5 Å². The minimum Gasteiger partial charge on any atom is -0.457 e. The fourth-order valence-corrected chi connectivity index (χ4v) is 4.12. The van der Waals surface area contributed by atoms with Gasteiger partial charge in [0.25, 0.3) is 5.91 Å². The SMILES string of the molecule is Cc1cc(=O)oc2cc(NC(=S)NNC(=O)C3c4ccccc4Oc4ccccc43)ccc12. The number of rotatable bonds is 2. The molecule has 0 aliphatic carbocycles. The number of benzene rings is 3. The van der Waals surface area contributed by atoms with Crippen LogP contribution in [0, 0.1) is 6.92 Å². The lowest BCUT2D eigenvalue weighted by atomic mass is 9.87. The van der Waals surface area contributed by atoms with Crippen LogP contribution in [-0.2, 0) is 4.79 Å². The van der Waals surface area contributed by atoms with Crippen LogP contribution in [0.1, 0.15) is 22.6 Å². The molecule has 3 N–H and O–H groups in total. The number of carbonyl (C=O) groups is 1. The van der Waals surface area contributed by atoms with Crippen molar-refractivity contribution in [2.75, 3.05) is 5.32 Å². The Balaban J connectivity index is 1.31. The third-order valence-electron chi connectivity index (χ3n) is 5.45. The van der Waals surface area contributed by atoms with E-state index in [-0.39, 0.29) is 11.0 Å². The fourth-order valence-electron chi connectivity index (χ4n) is 3.95. The molecule has 7 nitrogen and oxygen atoms in total. The first-order valence-corrected chi connectivity index (χ1v) is 10.7. The molecule has 0 spiro atoms. The highest BCUT2D eigenvalue weighted by Crippen LogP contribution is 2.43. The summed E-state index contributed by atoms with van der Waals surface area (Å²) in [7, 11) is 0. The van der Waals surface area contributed by atoms with Crippen LogP contribution in [-0.4, -0.2) is 11.0 Å². The van der Waals surface area contributed by atoms with Crippen molar-refractivity contribution >= 4 is 39.9 Å². The van der Waals surface area contributed by atoms with E-state index in [2.05, 4.69) is 16.2 Å². The van der Waals surface area contributed by atoms with E-state index in [0.717, 1.165) is 22.1 Å². The van der Waals surface area contributed by atoms with E-state index in [9.17, 15) is 9.59 Å². The molecule has 8 heteroatoms. The maximum absolute atomic E-state index is 13.2. The monoisotopic (exact) mass is 457 g/mol. The summed E-state index contributed by atoms with van der Waals surface area (Å²) in [5.74, 6) is 0.455. The predicted molar refractivity (Wildman–Crippen MR) is 130 cm³/mol. The van der Waals surface area contributed by atoms with Gasteiger partial charge in [-0.05, 0) is 49.0 Å². The molecule has 0 saturated heterocycles. The molecule has 0 radical (unpaired) electrons. The number of nitrogens with one attached hydrogen (secondary N) is 3. The molecule has 33 heavy (non-hydrogen) atoms. The largest absolute Gasteiger partial charge is 0.457 e. The summed E-state index contributed by atoms with van der Waals surface area (Å²) in [6, 6.07) is 21.7. The second-order valence-electron chi connectivity index (χ2n) is 7.64. The number of anilines is 1. The number of hydrazine groups is 1. The zero-order valence-corrected chi connectivity index (χ0v) is 18.4. The van der Waals surface area contributed by atoms with E-state index in [0.29, 0.717) is 22.8 Å². The molecule has 5 rings (SSSR count). The molecule has 1 aliphatic heterocycles. The Kier molecular flexibility index (Phi) is 5.27. The quantitative estimate of drug-likeness (QED) is 0.234. The van der Waals surface area contributed by atoms with Crippen LogP contribution in [0.5, 0.6) is 11.5 Å². The smallest absolute Gasteiger partial charge is 0.336 e. The van der Waals surface area contributed by atoms with Crippen LogP contribution in [0.3, 0.4) is 0 Å². The van der Waals surface area contributed by atoms with Crippen LogP contribution in [0.25, 0.3) is 11.0 Å². The molecule has 0 fully saturated rings. The van der Waals surface area contributed by atoms with Gasteiger partial charge in [0.15, 0.2) is 5.11 Å². The first kappa shape index (κ1) is 20.7. The van der Waals surface area contributed by atoms with Gasteiger partial charge in [0.1, 0.15) is 17.1 Å². The lowest BCUT2D eigenvalue weighted by molar-refractivity contribution is -0.122. The Bertz CT molecular complexity index is 1420. The second kappa shape index (κ2) is 8.40. The highest BCUT2D eigenvalue weighted by atomic mass is 32.1. The van der Waals surface area contributed by atoms with Gasteiger partial charge in [-0.3, -0.25) is 15.6 Å². The molecule has 1 aliphatic rings. The fraction of sp³-hybridized carbons (Fsp3) is 0.0800. The Hall–Kier alpha value is -4.17. The van der Waals surface area contributed by atoms with Gasteiger partial charge in [-0.1, -0.05) is 36.4 Å². The van der Waals surface area contributed by atoms with Crippen molar-refractivity contribution in [1.82, 2.24) is 10.9 Å². The number of fused-ring (bicyclic) bond motifs is 3. The molecular formula is C25H19N3O4S. The van der Waals surface area contributed by atoms with Crippen LogP contribution < -0.4 is 26.5 Å². The Labute approximate surface area is 194 Å². The molecule has 0 atom stereocenters. The zero-order chi connectivity index (χ0) is 22.9. The summed E-state index contributed by atoms with van der Waals surface area (Å²) >= 11 is 5.33. The average Bonchev–Trinajstić information content (AvgIpc) is 2.80. The van der Waals surface area contributed by atoms with Crippen LogP contribution >= 0.6 is 12.2 Å². The van der Waals surface area contributed by atoms with Crippen molar-refractivity contribution in [3.63, 3.8) is 0 Å². The van der Waals surface area contributed by atoms with Gasteiger partial charge in [-0.2, -0.15) is 0 Å². The lowest BCUT2D eigenvalue weighted by Crippen LogP contribution is -2.46. The second-order valence-corrected chi connectivity index (χ2v) is 8.05. The van der Waals surface area contributed by atoms with Crippen LogP contribution in [0.15, 0.2) is 82.0 Å². The number of para-hydroxylation sites is 2. The predicted octanol–water partition coefficient (Wildman–Crippen LogP) is 4.36. The van der Waals surface area contributed by atoms with Crippen LogP contribution in [0.4, 0.5) is 5.69 Å². The summed E-state index contributed by atoms with van der Waals surface area (Å²) < 4.78 is 11.2. The molecule has 4 aromatic rings. The summed E-state index contributed by atoms with van der Waals surface area (Å²) in [5, 5.41) is 4.01. The molecule has 1 amide bonds. The maximum Gasteiger partial charge on any atom is 0.336 e. The molecule has 2 heterocycles. The van der Waals surface area contributed by atoms with Gasteiger partial charge in [0.05, 0.1) is 5.92 Å². The standard InChI is InChI=1S/C25H19N3O4S/c1-14-12-22(29)32-21-13-15(10-11-16(14)21)26-25(33)28-27-24(30)23-17-6-2-4-8-19(17)31-20-9-5-3-7-18(20)23/h2-13,23H,1H3,(H,27,30)(H2,26,28,33). The van der Waals surface area contributed by atoms with Gasteiger partial charge in [0.2, 0.25) is 0 Å². The highest BCUT2D eigenvalue weighted by Gasteiger charge is 2.32. The average molecular weight is 458 g/mol. The minimum atomic E-state index is -0.556. The molecule has 1 aromatic heterocycles. The van der Waals surface area contributed by atoms with E-state index in [1.807, 2.05) is 67.6 Å².